The second-order valence-electron chi connectivity index (χ2n) is 2.39. The molecule has 10 heavy (non-hydrogen) atoms. The van der Waals surface area contributed by atoms with Crippen LogP contribution in [-0.2, 0) is 4.79 Å². The van der Waals surface area contributed by atoms with Crippen molar-refractivity contribution in [2.75, 3.05) is 0 Å². The summed E-state index contributed by atoms with van der Waals surface area (Å²) in [7, 11) is 0. The molecule has 0 unspecified atom stereocenters. The zero-order chi connectivity index (χ0) is 7.56. The minimum atomic E-state index is 0.0197. The van der Waals surface area contributed by atoms with Crippen LogP contribution in [0.15, 0.2) is 23.5 Å². The molecule has 0 atom stereocenters. The van der Waals surface area contributed by atoms with Crippen molar-refractivity contribution in [3.05, 3.63) is 23.5 Å². The molecule has 0 bridgehead atoms. The summed E-state index contributed by atoms with van der Waals surface area (Å²) in [5, 5.41) is 9.00. The highest BCUT2D eigenvalue weighted by Crippen LogP contribution is 2.14. The molecular weight excluding hydrogens is 128 g/mol. The van der Waals surface area contributed by atoms with Gasteiger partial charge in [-0.05, 0) is 19.4 Å². The SMILES string of the molecule is CC(=O)C1=CCCC(O)=C1. The lowest BCUT2D eigenvalue weighted by Gasteiger charge is -2.05. The molecular formula is C8H10O2. The molecule has 0 aromatic heterocycles. The van der Waals surface area contributed by atoms with Gasteiger partial charge in [-0.3, -0.25) is 4.79 Å². The smallest absolute Gasteiger partial charge is 0.159 e. The van der Waals surface area contributed by atoms with Crippen molar-refractivity contribution in [2.45, 2.75) is 19.8 Å². The standard InChI is InChI=1S/C8H10O2/c1-6(9)7-3-2-4-8(10)5-7/h3,5,10H,2,4H2,1H3. The van der Waals surface area contributed by atoms with Crippen molar-refractivity contribution in [1.82, 2.24) is 0 Å². The molecule has 0 aliphatic heterocycles. The number of hydrogen-bond donors (Lipinski definition) is 1. The van der Waals surface area contributed by atoms with E-state index < -0.39 is 0 Å². The maximum absolute atomic E-state index is 10.7. The molecule has 1 aliphatic rings. The largest absolute Gasteiger partial charge is 0.512 e. The molecule has 0 saturated carbocycles. The molecule has 2 nitrogen and oxygen atoms in total. The van der Waals surface area contributed by atoms with Crippen molar-refractivity contribution >= 4 is 5.78 Å². The summed E-state index contributed by atoms with van der Waals surface area (Å²) in [4.78, 5) is 10.7. The zero-order valence-electron chi connectivity index (χ0n) is 5.92. The Kier molecular flexibility index (Phi) is 1.90. The van der Waals surface area contributed by atoms with E-state index in [4.69, 9.17) is 5.11 Å². The van der Waals surface area contributed by atoms with Crippen LogP contribution in [0.25, 0.3) is 0 Å². The molecule has 2 heteroatoms. The molecule has 0 fully saturated rings. The third kappa shape index (κ3) is 1.47. The summed E-state index contributed by atoms with van der Waals surface area (Å²) in [6.45, 7) is 1.50. The van der Waals surface area contributed by atoms with Gasteiger partial charge in [-0.25, -0.2) is 0 Å². The number of allylic oxidation sites excluding steroid dienone is 4. The van der Waals surface area contributed by atoms with Gasteiger partial charge < -0.3 is 5.11 Å². The second-order valence-corrected chi connectivity index (χ2v) is 2.39. The first-order chi connectivity index (χ1) is 4.70. The van der Waals surface area contributed by atoms with Crippen LogP contribution in [0.5, 0.6) is 0 Å². The van der Waals surface area contributed by atoms with Crippen LogP contribution < -0.4 is 0 Å². The number of carbonyl (C=O) groups excluding carboxylic acids is 1. The third-order valence-electron chi connectivity index (χ3n) is 1.49. The summed E-state index contributed by atoms with van der Waals surface area (Å²) < 4.78 is 0. The van der Waals surface area contributed by atoms with Crippen LogP contribution >= 0.6 is 0 Å². The van der Waals surface area contributed by atoms with Crippen LogP contribution in [-0.4, -0.2) is 10.9 Å². The zero-order valence-corrected chi connectivity index (χ0v) is 5.92. The Morgan fingerprint density at radius 1 is 1.70 bits per heavy atom. The Balaban J connectivity index is 2.79. The minimum absolute atomic E-state index is 0.0197. The van der Waals surface area contributed by atoms with Gasteiger partial charge in [0.15, 0.2) is 5.78 Å². The monoisotopic (exact) mass is 138 g/mol. The fraction of sp³-hybridized carbons (Fsp3) is 0.375. The second kappa shape index (κ2) is 2.69. The molecule has 1 aliphatic carbocycles. The lowest BCUT2D eigenvalue weighted by Crippen LogP contribution is -1.99. The molecule has 54 valence electrons. The van der Waals surface area contributed by atoms with E-state index in [1.165, 1.54) is 13.0 Å². The number of hydrogen-bond acceptors (Lipinski definition) is 2. The van der Waals surface area contributed by atoms with Crippen molar-refractivity contribution < 1.29 is 9.90 Å². The van der Waals surface area contributed by atoms with Gasteiger partial charge in [0, 0.05) is 12.0 Å². The van der Waals surface area contributed by atoms with E-state index in [1.807, 2.05) is 6.08 Å². The highest BCUT2D eigenvalue weighted by molar-refractivity contribution is 5.96. The Labute approximate surface area is 59.9 Å². The molecule has 0 radical (unpaired) electrons. The molecule has 0 spiro atoms. The average Bonchev–Trinajstić information content (AvgIpc) is 1.88. The van der Waals surface area contributed by atoms with Crippen LogP contribution in [0, 0.1) is 0 Å². The van der Waals surface area contributed by atoms with E-state index in [0.29, 0.717) is 17.8 Å². The average molecular weight is 138 g/mol. The Hall–Kier alpha value is -1.05. The number of rotatable bonds is 1. The molecule has 0 heterocycles. The van der Waals surface area contributed by atoms with E-state index in [2.05, 4.69) is 0 Å². The minimum Gasteiger partial charge on any atom is -0.512 e. The van der Waals surface area contributed by atoms with Gasteiger partial charge in [-0.1, -0.05) is 6.08 Å². The highest BCUT2D eigenvalue weighted by Gasteiger charge is 2.06. The Morgan fingerprint density at radius 2 is 2.40 bits per heavy atom. The summed E-state index contributed by atoms with van der Waals surface area (Å²) in [6, 6.07) is 0. The van der Waals surface area contributed by atoms with E-state index in [9.17, 15) is 4.79 Å². The fourth-order valence-corrected chi connectivity index (χ4v) is 0.932. The lowest BCUT2D eigenvalue weighted by atomic mass is 10.0. The fourth-order valence-electron chi connectivity index (χ4n) is 0.932. The van der Waals surface area contributed by atoms with Gasteiger partial charge >= 0.3 is 0 Å². The normalized spacial score (nSPS) is 17.7. The van der Waals surface area contributed by atoms with Crippen LogP contribution in [0.3, 0.4) is 0 Å². The summed E-state index contributed by atoms with van der Waals surface area (Å²) >= 11 is 0. The number of Topliss-reactive ketones (excluding diaryl/α,β-unsaturated/α-hetero) is 1. The van der Waals surface area contributed by atoms with Crippen LogP contribution in [0.4, 0.5) is 0 Å². The quantitative estimate of drug-likeness (QED) is 0.599. The molecule has 0 aromatic rings. The predicted molar refractivity (Wildman–Crippen MR) is 38.7 cm³/mol. The van der Waals surface area contributed by atoms with Gasteiger partial charge in [-0.2, -0.15) is 0 Å². The summed E-state index contributed by atoms with van der Waals surface area (Å²) in [6.07, 6.45) is 4.82. The highest BCUT2D eigenvalue weighted by atomic mass is 16.3. The van der Waals surface area contributed by atoms with Crippen LogP contribution in [0.2, 0.25) is 0 Å². The first-order valence-corrected chi connectivity index (χ1v) is 3.31. The summed E-state index contributed by atoms with van der Waals surface area (Å²) in [5.74, 6) is 0.332. The number of aliphatic hydroxyl groups excluding tert-OH is 1. The van der Waals surface area contributed by atoms with E-state index in [-0.39, 0.29) is 5.78 Å². The first-order valence-electron chi connectivity index (χ1n) is 3.31. The van der Waals surface area contributed by atoms with Gasteiger partial charge in [0.1, 0.15) is 0 Å². The lowest BCUT2D eigenvalue weighted by molar-refractivity contribution is -0.113. The van der Waals surface area contributed by atoms with Gasteiger partial charge in [-0.15, -0.1) is 0 Å². The van der Waals surface area contributed by atoms with E-state index in [1.54, 1.807) is 0 Å². The van der Waals surface area contributed by atoms with E-state index in [0.717, 1.165) is 6.42 Å². The number of aliphatic hydroxyl groups is 1. The molecule has 0 amide bonds. The van der Waals surface area contributed by atoms with Crippen molar-refractivity contribution in [2.24, 2.45) is 0 Å². The summed E-state index contributed by atoms with van der Waals surface area (Å²) in [5.41, 5.74) is 0.628. The van der Waals surface area contributed by atoms with Crippen molar-refractivity contribution in [1.29, 1.82) is 0 Å². The van der Waals surface area contributed by atoms with Gasteiger partial charge in [0.25, 0.3) is 0 Å². The van der Waals surface area contributed by atoms with Crippen molar-refractivity contribution in [3.8, 4) is 0 Å². The van der Waals surface area contributed by atoms with E-state index >= 15 is 0 Å². The first kappa shape index (κ1) is 7.06. The van der Waals surface area contributed by atoms with Crippen LogP contribution in [0.1, 0.15) is 19.8 Å². The van der Waals surface area contributed by atoms with Crippen molar-refractivity contribution in [3.63, 3.8) is 0 Å². The Bertz CT molecular complexity index is 211. The predicted octanol–water partition coefficient (Wildman–Crippen LogP) is 1.74. The topological polar surface area (TPSA) is 37.3 Å². The maximum atomic E-state index is 10.7. The molecule has 0 saturated heterocycles. The van der Waals surface area contributed by atoms with Gasteiger partial charge in [0.05, 0.1) is 5.76 Å². The van der Waals surface area contributed by atoms with Gasteiger partial charge in [0.2, 0.25) is 0 Å². The number of carbonyl (C=O) groups is 1. The third-order valence-corrected chi connectivity index (χ3v) is 1.49. The molecule has 1 N–H and O–H groups in total. The maximum Gasteiger partial charge on any atom is 0.159 e. The molecule has 1 rings (SSSR count). The molecule has 0 aromatic carbocycles. The Morgan fingerprint density at radius 3 is 2.80 bits per heavy atom. The number of ketones is 1.